The topological polar surface area (TPSA) is 159 Å². The molecule has 3 rings (SSSR count). The van der Waals surface area contributed by atoms with Gasteiger partial charge in [0, 0.05) is 95.2 Å². The molecule has 0 aliphatic carbocycles. The zero-order chi connectivity index (χ0) is 20.1. The molecule has 0 amide bonds. The largest absolute Gasteiger partial charge is 0.545 e. The van der Waals surface area contributed by atoms with Crippen molar-refractivity contribution in [2.45, 2.75) is 0 Å². The first-order valence-electron chi connectivity index (χ1n) is 7.26. The summed E-state index contributed by atoms with van der Waals surface area (Å²) in [6.07, 6.45) is 8.26. The maximum absolute atomic E-state index is 10.0. The standard InChI is InChI=1S/3C6H5NO2.Pr/c3*8-6(9)5-2-1-3-7-4-5;/h3*1-4H,(H,8,9);/p-3. The molecule has 0 spiro atoms. The Balaban J connectivity index is 0.000000384. The van der Waals surface area contributed by atoms with E-state index in [4.69, 9.17) is 0 Å². The second kappa shape index (κ2) is 14.3. The monoisotopic (exact) mass is 507 g/mol. The van der Waals surface area contributed by atoms with Gasteiger partial charge in [-0.05, 0) is 18.2 Å². The molecule has 1 radical (unpaired) electrons. The number of nitrogens with zero attached hydrogens (tertiary/aromatic N) is 3. The van der Waals surface area contributed by atoms with Gasteiger partial charge in [0.15, 0.2) is 0 Å². The minimum Gasteiger partial charge on any atom is -0.545 e. The van der Waals surface area contributed by atoms with Crippen LogP contribution in [0.2, 0.25) is 0 Å². The Kier molecular flexibility index (Phi) is 12.9. The van der Waals surface area contributed by atoms with Gasteiger partial charge < -0.3 is 29.7 Å². The quantitative estimate of drug-likeness (QED) is 0.404. The van der Waals surface area contributed by atoms with Crippen LogP contribution in [0.1, 0.15) is 31.1 Å². The van der Waals surface area contributed by atoms with Crippen LogP contribution in [0, 0.1) is 41.3 Å². The van der Waals surface area contributed by atoms with E-state index in [9.17, 15) is 29.7 Å². The van der Waals surface area contributed by atoms with Crippen molar-refractivity contribution in [1.82, 2.24) is 15.0 Å². The van der Waals surface area contributed by atoms with Gasteiger partial charge in [0.2, 0.25) is 0 Å². The van der Waals surface area contributed by atoms with E-state index in [1.807, 2.05) is 0 Å². The van der Waals surface area contributed by atoms with Crippen LogP contribution in [-0.4, -0.2) is 32.9 Å². The van der Waals surface area contributed by atoms with E-state index in [1.165, 1.54) is 55.4 Å². The van der Waals surface area contributed by atoms with Crippen molar-refractivity contribution in [3.63, 3.8) is 0 Å². The second-order valence-electron chi connectivity index (χ2n) is 4.59. The molecule has 0 N–H and O–H groups in total. The van der Waals surface area contributed by atoms with Crippen molar-refractivity contribution in [3.8, 4) is 0 Å². The van der Waals surface area contributed by atoms with E-state index >= 15 is 0 Å². The number of pyridine rings is 3. The van der Waals surface area contributed by atoms with Crippen LogP contribution in [-0.2, 0) is 0 Å². The molecule has 3 aromatic rings. The molecule has 3 aromatic heterocycles. The van der Waals surface area contributed by atoms with Crippen molar-refractivity contribution in [3.05, 3.63) is 90.3 Å². The molecule has 10 heteroatoms. The normalized spacial score (nSPS) is 8.57. The summed E-state index contributed by atoms with van der Waals surface area (Å²) in [5, 5.41) is 30.1. The molecule has 9 nitrogen and oxygen atoms in total. The van der Waals surface area contributed by atoms with Gasteiger partial charge in [-0.1, -0.05) is 18.2 Å². The summed E-state index contributed by atoms with van der Waals surface area (Å²) in [4.78, 5) is 40.9. The first-order chi connectivity index (χ1) is 12.9. The number of hydrogen-bond acceptors (Lipinski definition) is 9. The van der Waals surface area contributed by atoms with Crippen LogP contribution in [0.4, 0.5) is 0 Å². The van der Waals surface area contributed by atoms with Crippen LogP contribution in [0.3, 0.4) is 0 Å². The van der Waals surface area contributed by atoms with Gasteiger partial charge in [0.05, 0.1) is 17.9 Å². The fraction of sp³-hybridized carbons (Fsp3) is 0. The van der Waals surface area contributed by atoms with E-state index in [0.29, 0.717) is 0 Å². The SMILES string of the molecule is O=C([O-])c1cccnc1.O=C([O-])c1cccnc1.O=C([O-])c1cccnc1.[Pr]. The summed E-state index contributed by atoms with van der Waals surface area (Å²) in [6, 6.07) is 8.94. The molecule has 0 saturated carbocycles. The van der Waals surface area contributed by atoms with E-state index in [2.05, 4.69) is 15.0 Å². The van der Waals surface area contributed by atoms with Crippen LogP contribution in [0.25, 0.3) is 0 Å². The molecule has 0 bridgehead atoms. The number of carboxylic acids is 3. The van der Waals surface area contributed by atoms with Gasteiger partial charge in [0.25, 0.3) is 0 Å². The van der Waals surface area contributed by atoms with Crippen LogP contribution >= 0.6 is 0 Å². The van der Waals surface area contributed by atoms with E-state index in [-0.39, 0.29) is 58.0 Å². The van der Waals surface area contributed by atoms with E-state index in [1.54, 1.807) is 18.2 Å². The molecule has 0 unspecified atom stereocenters. The first kappa shape index (κ1) is 25.2. The predicted octanol–water partition coefficient (Wildman–Crippen LogP) is -1.66. The fourth-order valence-corrected chi connectivity index (χ4v) is 1.45. The number of carbonyl (C=O) groups excluding carboxylic acids is 3. The van der Waals surface area contributed by atoms with Crippen molar-refractivity contribution in [1.29, 1.82) is 0 Å². The van der Waals surface area contributed by atoms with Gasteiger partial charge in [-0.15, -0.1) is 0 Å². The number of aromatic carboxylic acids is 3. The molecule has 0 aliphatic rings. The summed E-state index contributed by atoms with van der Waals surface area (Å²) in [6.45, 7) is 0. The molecule has 0 aromatic carbocycles. The minimum atomic E-state index is -1.19. The first-order valence-corrected chi connectivity index (χ1v) is 7.26. The molecule has 0 atom stereocenters. The van der Waals surface area contributed by atoms with E-state index in [0.717, 1.165) is 0 Å². The van der Waals surface area contributed by atoms with Crippen LogP contribution in [0.5, 0.6) is 0 Å². The smallest absolute Gasteiger partial charge is 0.0730 e. The third kappa shape index (κ3) is 10.4. The Morgan fingerprint density at radius 3 is 0.929 bits per heavy atom. The van der Waals surface area contributed by atoms with Gasteiger partial charge in [-0.3, -0.25) is 15.0 Å². The summed E-state index contributed by atoms with van der Waals surface area (Å²) < 4.78 is 0. The average molecular weight is 507 g/mol. The minimum absolute atomic E-state index is 0. The Bertz CT molecular complexity index is 747. The zero-order valence-electron chi connectivity index (χ0n) is 14.3. The summed E-state index contributed by atoms with van der Waals surface area (Å²) >= 11 is 0. The molecular formula is C18H12N3O6Pr-3. The van der Waals surface area contributed by atoms with Gasteiger partial charge in [-0.2, -0.15) is 0 Å². The molecule has 0 aliphatic heterocycles. The molecule has 28 heavy (non-hydrogen) atoms. The van der Waals surface area contributed by atoms with Crippen molar-refractivity contribution in [2.24, 2.45) is 0 Å². The number of carbonyl (C=O) groups is 3. The predicted molar refractivity (Wildman–Crippen MR) is 85.7 cm³/mol. The van der Waals surface area contributed by atoms with Crippen LogP contribution in [0.15, 0.2) is 73.6 Å². The molecular weight excluding hydrogens is 495 g/mol. The number of carboxylic acid groups (broad SMARTS) is 3. The second-order valence-corrected chi connectivity index (χ2v) is 4.59. The number of rotatable bonds is 3. The Labute approximate surface area is 193 Å². The zero-order valence-corrected chi connectivity index (χ0v) is 18.0. The van der Waals surface area contributed by atoms with Crippen molar-refractivity contribution < 1.29 is 71.0 Å². The molecule has 0 saturated heterocycles. The Hall–Kier alpha value is -2.78. The fourth-order valence-electron chi connectivity index (χ4n) is 1.45. The number of aromatic nitrogens is 3. The average Bonchev–Trinajstić information content (AvgIpc) is 2.71. The third-order valence-corrected chi connectivity index (χ3v) is 2.69. The summed E-state index contributed by atoms with van der Waals surface area (Å²) in [7, 11) is 0. The van der Waals surface area contributed by atoms with Crippen molar-refractivity contribution in [2.75, 3.05) is 0 Å². The maximum Gasteiger partial charge on any atom is 0.0730 e. The van der Waals surface area contributed by atoms with Crippen molar-refractivity contribution >= 4 is 17.9 Å². The van der Waals surface area contributed by atoms with Crippen LogP contribution < -0.4 is 15.3 Å². The summed E-state index contributed by atoms with van der Waals surface area (Å²) in [5.41, 5.74) is 0.326. The number of hydrogen-bond donors (Lipinski definition) is 0. The maximum atomic E-state index is 10.0. The van der Waals surface area contributed by atoms with Gasteiger partial charge in [-0.25, -0.2) is 0 Å². The Morgan fingerprint density at radius 1 is 0.571 bits per heavy atom. The summed E-state index contributed by atoms with van der Waals surface area (Å²) in [5.74, 6) is -3.57. The third-order valence-electron chi connectivity index (χ3n) is 2.69. The van der Waals surface area contributed by atoms with E-state index < -0.39 is 17.9 Å². The molecule has 141 valence electrons. The molecule has 3 heterocycles. The van der Waals surface area contributed by atoms with Gasteiger partial charge >= 0.3 is 0 Å². The Morgan fingerprint density at radius 2 is 0.821 bits per heavy atom. The molecule has 0 fully saturated rings. The van der Waals surface area contributed by atoms with Gasteiger partial charge in [0.1, 0.15) is 0 Å².